The first-order valence-electron chi connectivity index (χ1n) is 11.4. The number of halogens is 4. The predicted octanol–water partition coefficient (Wildman–Crippen LogP) is 7.31. The first-order valence-corrected chi connectivity index (χ1v) is 14.0. The lowest BCUT2D eigenvalue weighted by atomic mass is 10.0. The van der Waals surface area contributed by atoms with Gasteiger partial charge in [0, 0.05) is 40.9 Å². The lowest BCUT2D eigenvalue weighted by Gasteiger charge is -2.32. The second-order valence-corrected chi connectivity index (χ2v) is 10.7. The van der Waals surface area contributed by atoms with Gasteiger partial charge in [0.1, 0.15) is 6.04 Å². The van der Waals surface area contributed by atoms with E-state index in [0.717, 1.165) is 11.1 Å². The summed E-state index contributed by atoms with van der Waals surface area (Å²) in [7, 11) is 0. The number of benzene rings is 3. The molecule has 3 aromatic carbocycles. The van der Waals surface area contributed by atoms with Crippen molar-refractivity contribution in [3.05, 3.63) is 104 Å². The van der Waals surface area contributed by atoms with Crippen LogP contribution in [0.1, 0.15) is 23.6 Å². The van der Waals surface area contributed by atoms with Crippen molar-refractivity contribution in [2.24, 2.45) is 0 Å². The summed E-state index contributed by atoms with van der Waals surface area (Å²) in [6, 6.07) is 19.5. The molecule has 0 saturated heterocycles. The van der Waals surface area contributed by atoms with Crippen LogP contribution in [0.3, 0.4) is 0 Å². The van der Waals surface area contributed by atoms with Gasteiger partial charge >= 0.3 is 0 Å². The molecular formula is C27H26Cl4N2O2S. The molecule has 0 aliphatic heterocycles. The number of hydrogen-bond acceptors (Lipinski definition) is 3. The van der Waals surface area contributed by atoms with Gasteiger partial charge < -0.3 is 10.2 Å². The van der Waals surface area contributed by atoms with E-state index < -0.39 is 6.04 Å². The smallest absolute Gasteiger partial charge is 0.243 e. The molecule has 1 atom stereocenters. The molecule has 4 nitrogen and oxygen atoms in total. The van der Waals surface area contributed by atoms with E-state index in [1.54, 1.807) is 35.2 Å². The lowest BCUT2D eigenvalue weighted by molar-refractivity contribution is -0.139. The third-order valence-electron chi connectivity index (χ3n) is 5.49. The van der Waals surface area contributed by atoms with Crippen LogP contribution in [0.2, 0.25) is 20.1 Å². The zero-order valence-electron chi connectivity index (χ0n) is 19.6. The fraction of sp³-hybridized carbons (Fsp3) is 0.259. The highest BCUT2D eigenvalue weighted by molar-refractivity contribution is 7.99. The molecule has 0 fully saturated rings. The highest BCUT2D eigenvalue weighted by Crippen LogP contribution is 2.28. The first kappa shape index (κ1) is 28.7. The van der Waals surface area contributed by atoms with Crippen LogP contribution in [0.25, 0.3) is 0 Å². The summed E-state index contributed by atoms with van der Waals surface area (Å²) in [6.07, 6.45) is 0.359. The number of thioether (sulfide) groups is 1. The van der Waals surface area contributed by atoms with Gasteiger partial charge in [-0.05, 0) is 42.3 Å². The molecule has 0 saturated carbocycles. The summed E-state index contributed by atoms with van der Waals surface area (Å²) in [5.74, 6) is 0.302. The number of carbonyl (C=O) groups excluding carboxylic acids is 2. The van der Waals surface area contributed by atoms with Crippen LogP contribution < -0.4 is 5.32 Å². The Hall–Kier alpha value is -1.89. The molecule has 0 aliphatic carbocycles. The molecular weight excluding hydrogens is 558 g/mol. The Kier molecular flexibility index (Phi) is 11.3. The highest BCUT2D eigenvalue weighted by Gasteiger charge is 2.31. The van der Waals surface area contributed by atoms with E-state index in [2.05, 4.69) is 5.32 Å². The zero-order chi connectivity index (χ0) is 26.1. The third-order valence-corrected chi connectivity index (χ3v) is 7.93. The summed E-state index contributed by atoms with van der Waals surface area (Å²) in [5, 5.41) is 4.71. The minimum atomic E-state index is -0.738. The van der Waals surface area contributed by atoms with Crippen LogP contribution in [0.4, 0.5) is 0 Å². The van der Waals surface area contributed by atoms with E-state index in [4.69, 9.17) is 46.4 Å². The van der Waals surface area contributed by atoms with E-state index in [1.165, 1.54) is 11.8 Å². The van der Waals surface area contributed by atoms with Gasteiger partial charge in [-0.2, -0.15) is 0 Å². The minimum absolute atomic E-state index is 0.110. The van der Waals surface area contributed by atoms with Crippen LogP contribution in [-0.2, 0) is 28.3 Å². The maximum absolute atomic E-state index is 13.6. The fourth-order valence-electron chi connectivity index (χ4n) is 3.67. The summed E-state index contributed by atoms with van der Waals surface area (Å²) in [6.45, 7) is 2.41. The Morgan fingerprint density at radius 1 is 0.861 bits per heavy atom. The number of rotatable bonds is 11. The number of amides is 2. The molecule has 0 aliphatic rings. The van der Waals surface area contributed by atoms with Crippen molar-refractivity contribution in [1.82, 2.24) is 10.2 Å². The number of nitrogens with one attached hydrogen (secondary N) is 1. The van der Waals surface area contributed by atoms with Crippen LogP contribution >= 0.6 is 58.2 Å². The van der Waals surface area contributed by atoms with Crippen LogP contribution in [0.5, 0.6) is 0 Å². The van der Waals surface area contributed by atoms with Crippen molar-refractivity contribution in [3.8, 4) is 0 Å². The Morgan fingerprint density at radius 3 is 2.19 bits per heavy atom. The average molecular weight is 584 g/mol. The van der Waals surface area contributed by atoms with Gasteiger partial charge in [-0.1, -0.05) is 88.9 Å². The normalized spacial score (nSPS) is 11.7. The van der Waals surface area contributed by atoms with Gasteiger partial charge in [0.2, 0.25) is 11.8 Å². The molecule has 3 aromatic rings. The van der Waals surface area contributed by atoms with Crippen molar-refractivity contribution in [2.75, 3.05) is 12.3 Å². The zero-order valence-corrected chi connectivity index (χ0v) is 23.5. The van der Waals surface area contributed by atoms with Gasteiger partial charge in [-0.25, -0.2) is 0 Å². The maximum atomic E-state index is 13.6. The summed E-state index contributed by atoms with van der Waals surface area (Å²) >= 11 is 26.5. The van der Waals surface area contributed by atoms with Gasteiger partial charge in [0.15, 0.2) is 0 Å². The first-order chi connectivity index (χ1) is 17.3. The highest BCUT2D eigenvalue weighted by atomic mass is 35.5. The van der Waals surface area contributed by atoms with Crippen molar-refractivity contribution in [2.45, 2.75) is 31.7 Å². The molecule has 2 amide bonds. The monoisotopic (exact) mass is 582 g/mol. The van der Waals surface area contributed by atoms with Crippen LogP contribution in [-0.4, -0.2) is 35.1 Å². The van der Waals surface area contributed by atoms with Gasteiger partial charge in [0.05, 0.1) is 15.8 Å². The number of hydrogen-bond donors (Lipinski definition) is 1. The van der Waals surface area contributed by atoms with E-state index in [0.29, 0.717) is 44.4 Å². The summed E-state index contributed by atoms with van der Waals surface area (Å²) in [4.78, 5) is 28.4. The molecule has 3 rings (SSSR count). The summed E-state index contributed by atoms with van der Waals surface area (Å²) in [5.41, 5.74) is 2.50. The second-order valence-electron chi connectivity index (χ2n) is 8.06. The number of likely N-dealkylation sites (N-methyl/N-ethyl adjacent to an activating group) is 1. The Balaban J connectivity index is 1.87. The van der Waals surface area contributed by atoms with Gasteiger partial charge in [-0.3, -0.25) is 9.59 Å². The predicted molar refractivity (Wildman–Crippen MR) is 152 cm³/mol. The van der Waals surface area contributed by atoms with Crippen molar-refractivity contribution in [3.63, 3.8) is 0 Å². The SMILES string of the molecule is CCNC(=O)[C@H](Cc1ccccc1)N(Cc1c(Cl)cccc1Cl)C(=O)CSCc1ccc(Cl)c(Cl)c1. The minimum Gasteiger partial charge on any atom is -0.355 e. The third kappa shape index (κ3) is 8.06. The molecule has 36 heavy (non-hydrogen) atoms. The van der Waals surface area contributed by atoms with Crippen LogP contribution in [0.15, 0.2) is 66.7 Å². The molecule has 0 spiro atoms. The van der Waals surface area contributed by atoms with Crippen molar-refractivity contribution < 1.29 is 9.59 Å². The Bertz CT molecular complexity index is 1170. The van der Waals surface area contributed by atoms with E-state index >= 15 is 0 Å². The topological polar surface area (TPSA) is 49.4 Å². The molecule has 0 heterocycles. The molecule has 0 bridgehead atoms. The maximum Gasteiger partial charge on any atom is 0.243 e. The Morgan fingerprint density at radius 2 is 1.56 bits per heavy atom. The Labute approximate surface area is 236 Å². The van der Waals surface area contributed by atoms with Crippen molar-refractivity contribution in [1.29, 1.82) is 0 Å². The van der Waals surface area contributed by atoms with Gasteiger partial charge in [-0.15, -0.1) is 11.8 Å². The van der Waals surface area contributed by atoms with E-state index in [1.807, 2.05) is 43.3 Å². The standard InChI is InChI=1S/C27H26Cl4N2O2S/c1-2-32-27(35)25(14-18-7-4-3-5-8-18)33(15-20-21(28)9-6-10-22(20)29)26(34)17-36-16-19-11-12-23(30)24(31)13-19/h3-13,25H,2,14-17H2,1H3,(H,32,35)/t25-/m0/s1. The van der Waals surface area contributed by atoms with Crippen molar-refractivity contribution >= 4 is 70.0 Å². The molecule has 0 aromatic heterocycles. The van der Waals surface area contributed by atoms with E-state index in [9.17, 15) is 9.59 Å². The largest absolute Gasteiger partial charge is 0.355 e. The number of carbonyl (C=O) groups is 2. The lowest BCUT2D eigenvalue weighted by Crippen LogP contribution is -2.51. The average Bonchev–Trinajstić information content (AvgIpc) is 2.85. The quantitative estimate of drug-likeness (QED) is 0.257. The molecule has 0 radical (unpaired) electrons. The number of nitrogens with zero attached hydrogens (tertiary/aromatic N) is 1. The second kappa shape index (κ2) is 14.2. The molecule has 0 unspecified atom stereocenters. The fourth-order valence-corrected chi connectivity index (χ4v) is 5.36. The van der Waals surface area contributed by atoms with Crippen LogP contribution in [0, 0.1) is 0 Å². The molecule has 1 N–H and O–H groups in total. The van der Waals surface area contributed by atoms with Gasteiger partial charge in [0.25, 0.3) is 0 Å². The molecule has 9 heteroatoms. The van der Waals surface area contributed by atoms with E-state index in [-0.39, 0.29) is 24.1 Å². The summed E-state index contributed by atoms with van der Waals surface area (Å²) < 4.78 is 0. The molecule has 190 valence electrons.